The highest BCUT2D eigenvalue weighted by Crippen LogP contribution is 2.29. The van der Waals surface area contributed by atoms with Crippen LogP contribution >= 0.6 is 0 Å². The number of imide groups is 1. The summed E-state index contributed by atoms with van der Waals surface area (Å²) in [7, 11) is 1.49. The van der Waals surface area contributed by atoms with Gasteiger partial charge in [0.15, 0.2) is 18.1 Å². The maximum atomic E-state index is 12.7. The summed E-state index contributed by atoms with van der Waals surface area (Å²) in [6.45, 7) is 2.22. The first kappa shape index (κ1) is 22.3. The van der Waals surface area contributed by atoms with Gasteiger partial charge in [0.2, 0.25) is 0 Å². The molecule has 1 N–H and O–H groups in total. The van der Waals surface area contributed by atoms with E-state index in [-0.39, 0.29) is 24.8 Å². The molecule has 0 saturated carbocycles. The van der Waals surface area contributed by atoms with Crippen LogP contribution in [-0.2, 0) is 20.9 Å². The zero-order valence-corrected chi connectivity index (χ0v) is 18.3. The van der Waals surface area contributed by atoms with Crippen molar-refractivity contribution in [3.63, 3.8) is 0 Å². The number of carbonyl (C=O) groups is 3. The predicted octanol–water partition coefficient (Wildman–Crippen LogP) is 2.03. The van der Waals surface area contributed by atoms with E-state index in [4.69, 9.17) is 14.2 Å². The lowest BCUT2D eigenvalue weighted by Gasteiger charge is -2.26. The fraction of sp³-hybridized carbons (Fsp3) is 0.292. The second-order valence-electron chi connectivity index (χ2n) is 7.56. The van der Waals surface area contributed by atoms with Crippen molar-refractivity contribution in [1.82, 2.24) is 15.1 Å². The first-order valence-corrected chi connectivity index (χ1v) is 10.6. The molecule has 172 valence electrons. The molecule has 4 rings (SSSR count). The molecule has 0 atom stereocenters. The molecule has 2 fully saturated rings. The molecule has 0 aromatic heterocycles. The fourth-order valence-electron chi connectivity index (χ4n) is 3.58. The molecule has 2 aromatic rings. The molecule has 9 nitrogen and oxygen atoms in total. The van der Waals surface area contributed by atoms with Gasteiger partial charge in [0.25, 0.3) is 11.8 Å². The van der Waals surface area contributed by atoms with Crippen LogP contribution in [0.5, 0.6) is 11.5 Å². The van der Waals surface area contributed by atoms with Gasteiger partial charge < -0.3 is 24.4 Å². The van der Waals surface area contributed by atoms with Crippen LogP contribution in [-0.4, -0.2) is 67.7 Å². The summed E-state index contributed by atoms with van der Waals surface area (Å²) in [6, 6.07) is 13.9. The summed E-state index contributed by atoms with van der Waals surface area (Å²) in [6.07, 6.45) is 1.58. The van der Waals surface area contributed by atoms with Gasteiger partial charge in [0, 0.05) is 13.1 Å². The molecule has 2 aliphatic rings. The Hall–Kier alpha value is -3.85. The van der Waals surface area contributed by atoms with Crippen molar-refractivity contribution in [3.8, 4) is 11.5 Å². The topological polar surface area (TPSA) is 97.4 Å². The van der Waals surface area contributed by atoms with Gasteiger partial charge in [-0.15, -0.1) is 0 Å². The third-order valence-corrected chi connectivity index (χ3v) is 5.36. The highest BCUT2D eigenvalue weighted by Gasteiger charge is 2.33. The Labute approximate surface area is 191 Å². The third kappa shape index (κ3) is 5.32. The second kappa shape index (κ2) is 10.2. The number of ether oxygens (including phenoxy) is 3. The van der Waals surface area contributed by atoms with Gasteiger partial charge in [-0.05, 0) is 29.3 Å². The summed E-state index contributed by atoms with van der Waals surface area (Å²) in [5, 5.41) is 2.62. The number of nitrogens with zero attached hydrogens (tertiary/aromatic N) is 2. The van der Waals surface area contributed by atoms with E-state index in [0.29, 0.717) is 43.4 Å². The van der Waals surface area contributed by atoms with Crippen molar-refractivity contribution < 1.29 is 28.6 Å². The molecular formula is C24H25N3O6. The molecule has 2 heterocycles. The quantitative estimate of drug-likeness (QED) is 0.511. The van der Waals surface area contributed by atoms with E-state index in [2.05, 4.69) is 5.32 Å². The molecule has 0 spiro atoms. The van der Waals surface area contributed by atoms with Crippen molar-refractivity contribution in [2.24, 2.45) is 0 Å². The van der Waals surface area contributed by atoms with Crippen molar-refractivity contribution in [3.05, 3.63) is 65.4 Å². The lowest BCUT2D eigenvalue weighted by Crippen LogP contribution is -2.43. The van der Waals surface area contributed by atoms with E-state index in [1.807, 2.05) is 30.3 Å². The average molecular weight is 451 g/mol. The molecule has 0 unspecified atom stereocenters. The molecule has 2 aromatic carbocycles. The Kier molecular flexibility index (Phi) is 6.89. The Morgan fingerprint density at radius 1 is 1.09 bits per heavy atom. The molecule has 33 heavy (non-hydrogen) atoms. The fourth-order valence-corrected chi connectivity index (χ4v) is 3.58. The van der Waals surface area contributed by atoms with Crippen LogP contribution in [0.15, 0.2) is 54.2 Å². The van der Waals surface area contributed by atoms with E-state index in [0.717, 1.165) is 10.5 Å². The summed E-state index contributed by atoms with van der Waals surface area (Å²) < 4.78 is 16.3. The summed E-state index contributed by atoms with van der Waals surface area (Å²) >= 11 is 0. The maximum absolute atomic E-state index is 12.7. The number of nitrogens with one attached hydrogen (secondary N) is 1. The van der Waals surface area contributed by atoms with Crippen LogP contribution in [0.3, 0.4) is 0 Å². The van der Waals surface area contributed by atoms with Crippen LogP contribution in [0.1, 0.15) is 11.1 Å². The number of methoxy groups -OCH3 is 1. The third-order valence-electron chi connectivity index (χ3n) is 5.36. The minimum absolute atomic E-state index is 0.111. The number of carbonyl (C=O) groups excluding carboxylic acids is 3. The second-order valence-corrected chi connectivity index (χ2v) is 7.56. The Morgan fingerprint density at radius 2 is 1.85 bits per heavy atom. The Bertz CT molecular complexity index is 1060. The standard InChI is InChI=1S/C24H25N3O6/c1-31-21-14-18(7-8-20(21)33-16-22(28)26-9-11-32-12-10-26)13-19-23(29)27(24(30)25-19)15-17-5-3-2-4-6-17/h2-8,13-14H,9-12,15-16H2,1H3,(H,25,30)/b19-13-. The van der Waals surface area contributed by atoms with Gasteiger partial charge in [-0.1, -0.05) is 36.4 Å². The molecule has 0 bridgehead atoms. The minimum atomic E-state index is -0.469. The molecular weight excluding hydrogens is 426 g/mol. The van der Waals surface area contributed by atoms with Gasteiger partial charge in [-0.25, -0.2) is 4.79 Å². The predicted molar refractivity (Wildman–Crippen MR) is 119 cm³/mol. The zero-order chi connectivity index (χ0) is 23.2. The van der Waals surface area contributed by atoms with Gasteiger partial charge in [-0.3, -0.25) is 14.5 Å². The van der Waals surface area contributed by atoms with Crippen LogP contribution in [0.25, 0.3) is 6.08 Å². The summed E-state index contributed by atoms with van der Waals surface area (Å²) in [5.74, 6) is 0.300. The number of hydrogen-bond donors (Lipinski definition) is 1. The highest BCUT2D eigenvalue weighted by atomic mass is 16.5. The van der Waals surface area contributed by atoms with Crippen molar-refractivity contribution >= 4 is 23.9 Å². The van der Waals surface area contributed by atoms with Crippen molar-refractivity contribution in [2.75, 3.05) is 40.0 Å². The van der Waals surface area contributed by atoms with Crippen LogP contribution in [0.4, 0.5) is 4.79 Å². The van der Waals surface area contributed by atoms with Crippen molar-refractivity contribution in [2.45, 2.75) is 6.54 Å². The monoisotopic (exact) mass is 451 g/mol. The van der Waals surface area contributed by atoms with E-state index in [1.54, 1.807) is 29.2 Å². The SMILES string of the molecule is COc1cc(/C=C2\NC(=O)N(Cc3ccccc3)C2=O)ccc1OCC(=O)N1CCOCC1. The molecule has 9 heteroatoms. The molecule has 2 aliphatic heterocycles. The molecule has 4 amide bonds. The highest BCUT2D eigenvalue weighted by molar-refractivity contribution is 6.13. The average Bonchev–Trinajstić information content (AvgIpc) is 3.11. The van der Waals surface area contributed by atoms with E-state index >= 15 is 0 Å². The smallest absolute Gasteiger partial charge is 0.329 e. The lowest BCUT2D eigenvalue weighted by molar-refractivity contribution is -0.137. The van der Waals surface area contributed by atoms with Crippen molar-refractivity contribution in [1.29, 1.82) is 0 Å². The first-order valence-electron chi connectivity index (χ1n) is 10.6. The minimum Gasteiger partial charge on any atom is -0.493 e. The maximum Gasteiger partial charge on any atom is 0.329 e. The number of urea groups is 1. The van der Waals surface area contributed by atoms with Gasteiger partial charge in [-0.2, -0.15) is 0 Å². The number of amides is 4. The van der Waals surface area contributed by atoms with Crippen LogP contribution in [0, 0.1) is 0 Å². The zero-order valence-electron chi connectivity index (χ0n) is 18.3. The number of rotatable bonds is 7. The van der Waals surface area contributed by atoms with E-state index in [9.17, 15) is 14.4 Å². The lowest BCUT2D eigenvalue weighted by atomic mass is 10.1. The Balaban J connectivity index is 1.43. The first-order chi connectivity index (χ1) is 16.0. The van der Waals surface area contributed by atoms with Gasteiger partial charge in [0.05, 0.1) is 26.9 Å². The number of benzene rings is 2. The van der Waals surface area contributed by atoms with Crippen LogP contribution in [0.2, 0.25) is 0 Å². The van der Waals surface area contributed by atoms with Gasteiger partial charge >= 0.3 is 6.03 Å². The van der Waals surface area contributed by atoms with Gasteiger partial charge in [0.1, 0.15) is 5.70 Å². The molecule has 2 saturated heterocycles. The normalized spacial score (nSPS) is 17.3. The number of morpholine rings is 1. The molecule has 0 radical (unpaired) electrons. The largest absolute Gasteiger partial charge is 0.493 e. The number of hydrogen-bond acceptors (Lipinski definition) is 6. The summed E-state index contributed by atoms with van der Waals surface area (Å²) in [5.41, 5.74) is 1.68. The van der Waals surface area contributed by atoms with Crippen LogP contribution < -0.4 is 14.8 Å². The summed E-state index contributed by atoms with van der Waals surface area (Å²) in [4.78, 5) is 40.2. The molecule has 0 aliphatic carbocycles. The Morgan fingerprint density at radius 3 is 2.58 bits per heavy atom. The van der Waals surface area contributed by atoms with E-state index in [1.165, 1.54) is 7.11 Å². The van der Waals surface area contributed by atoms with E-state index < -0.39 is 11.9 Å².